The fourth-order valence-corrected chi connectivity index (χ4v) is 3.88. The van der Waals surface area contributed by atoms with Crippen LogP contribution in [0, 0.1) is 18.3 Å². The Balaban J connectivity index is 2.31. The van der Waals surface area contributed by atoms with Crippen molar-refractivity contribution >= 4 is 29.7 Å². The standard InChI is InChI=1S/C18H20N2O7S/c1-9-14(6-5-13(7-19)20-9)27-18-17(26-12(4)23)16(25-11(3)22)15(8-28-18)24-10(2)21/h5-6,15-18H,8H2,1-4H3/t15-,16+,17-,18-/m1/s1. The lowest BCUT2D eigenvalue weighted by Crippen LogP contribution is -2.55. The second-order valence-electron chi connectivity index (χ2n) is 6.01. The first-order valence-corrected chi connectivity index (χ1v) is 9.43. The largest absolute Gasteiger partial charge is 0.474 e. The van der Waals surface area contributed by atoms with Crippen molar-refractivity contribution in [3.05, 3.63) is 23.5 Å². The van der Waals surface area contributed by atoms with Crippen LogP contribution in [0.15, 0.2) is 12.1 Å². The molecule has 0 radical (unpaired) electrons. The molecule has 28 heavy (non-hydrogen) atoms. The second-order valence-corrected chi connectivity index (χ2v) is 7.14. The van der Waals surface area contributed by atoms with Gasteiger partial charge >= 0.3 is 17.9 Å². The van der Waals surface area contributed by atoms with Crippen LogP contribution in [0.2, 0.25) is 0 Å². The highest BCUT2D eigenvalue weighted by Crippen LogP contribution is 2.34. The minimum absolute atomic E-state index is 0.241. The highest BCUT2D eigenvalue weighted by atomic mass is 32.2. The fourth-order valence-electron chi connectivity index (χ4n) is 2.67. The van der Waals surface area contributed by atoms with Crippen LogP contribution in [0.25, 0.3) is 0 Å². The van der Waals surface area contributed by atoms with E-state index in [-0.39, 0.29) is 11.4 Å². The quantitative estimate of drug-likeness (QED) is 0.523. The first kappa shape index (κ1) is 21.5. The number of hydrogen-bond acceptors (Lipinski definition) is 10. The molecule has 1 aliphatic rings. The zero-order valence-electron chi connectivity index (χ0n) is 15.8. The number of thioether (sulfide) groups is 1. The van der Waals surface area contributed by atoms with Crippen molar-refractivity contribution in [1.29, 1.82) is 5.26 Å². The normalized spacial score (nSPS) is 23.8. The molecule has 0 N–H and O–H groups in total. The molecule has 150 valence electrons. The van der Waals surface area contributed by atoms with Gasteiger partial charge in [0.1, 0.15) is 17.5 Å². The van der Waals surface area contributed by atoms with Crippen LogP contribution in [0.4, 0.5) is 0 Å². The third-order valence-electron chi connectivity index (χ3n) is 3.70. The predicted octanol–water partition coefficient (Wildman–Crippen LogP) is 1.51. The summed E-state index contributed by atoms with van der Waals surface area (Å²) in [6, 6.07) is 5.03. The van der Waals surface area contributed by atoms with Gasteiger partial charge in [-0.15, -0.1) is 11.8 Å². The first-order chi connectivity index (χ1) is 13.2. The van der Waals surface area contributed by atoms with Crippen molar-refractivity contribution < 1.29 is 33.3 Å². The number of carbonyl (C=O) groups excluding carboxylic acids is 3. The zero-order valence-corrected chi connectivity index (χ0v) is 16.6. The van der Waals surface area contributed by atoms with Gasteiger partial charge in [-0.1, -0.05) is 0 Å². The number of pyridine rings is 1. The number of ether oxygens (including phenoxy) is 4. The molecule has 1 aromatic rings. The van der Waals surface area contributed by atoms with Gasteiger partial charge in [-0.3, -0.25) is 14.4 Å². The van der Waals surface area contributed by atoms with Crippen LogP contribution in [0.5, 0.6) is 5.75 Å². The Morgan fingerprint density at radius 1 is 1.07 bits per heavy atom. The number of aromatic nitrogens is 1. The minimum atomic E-state index is -1.02. The Morgan fingerprint density at radius 3 is 2.21 bits per heavy atom. The van der Waals surface area contributed by atoms with E-state index in [1.165, 1.54) is 38.6 Å². The minimum Gasteiger partial charge on any atom is -0.474 e. The van der Waals surface area contributed by atoms with E-state index in [0.717, 1.165) is 0 Å². The molecule has 10 heteroatoms. The van der Waals surface area contributed by atoms with E-state index in [0.29, 0.717) is 11.4 Å². The van der Waals surface area contributed by atoms with Crippen LogP contribution in [0.1, 0.15) is 32.2 Å². The van der Waals surface area contributed by atoms with Crippen molar-refractivity contribution in [3.8, 4) is 11.8 Å². The van der Waals surface area contributed by atoms with Gasteiger partial charge in [0.15, 0.2) is 23.7 Å². The Hall–Kier alpha value is -2.80. The summed E-state index contributed by atoms with van der Waals surface area (Å²) in [6.07, 6.45) is -2.83. The maximum absolute atomic E-state index is 11.6. The maximum atomic E-state index is 11.6. The summed E-state index contributed by atoms with van der Waals surface area (Å²) in [4.78, 5) is 38.7. The second kappa shape index (κ2) is 9.41. The van der Waals surface area contributed by atoms with Gasteiger partial charge in [-0.25, -0.2) is 4.98 Å². The van der Waals surface area contributed by atoms with Gasteiger partial charge in [0.25, 0.3) is 0 Å². The van der Waals surface area contributed by atoms with Gasteiger partial charge < -0.3 is 18.9 Å². The molecule has 9 nitrogen and oxygen atoms in total. The average molecular weight is 408 g/mol. The molecule has 0 aromatic carbocycles. The molecule has 0 spiro atoms. The van der Waals surface area contributed by atoms with E-state index in [9.17, 15) is 14.4 Å². The molecule has 4 atom stereocenters. The molecule has 0 aliphatic carbocycles. The average Bonchev–Trinajstić information content (AvgIpc) is 2.60. The summed E-state index contributed by atoms with van der Waals surface area (Å²) in [7, 11) is 0. The monoisotopic (exact) mass is 408 g/mol. The summed E-state index contributed by atoms with van der Waals surface area (Å²) in [5.74, 6) is -1.10. The van der Waals surface area contributed by atoms with E-state index >= 15 is 0 Å². The van der Waals surface area contributed by atoms with Crippen LogP contribution in [-0.2, 0) is 28.6 Å². The number of nitriles is 1. The van der Waals surface area contributed by atoms with Crippen molar-refractivity contribution in [2.45, 2.75) is 51.4 Å². The van der Waals surface area contributed by atoms with Crippen LogP contribution in [0.3, 0.4) is 0 Å². The third kappa shape index (κ3) is 5.60. The Bertz CT molecular complexity index is 808. The molecule has 1 aromatic heterocycles. The molecule has 1 saturated heterocycles. The summed E-state index contributed by atoms with van der Waals surface area (Å²) in [5.41, 5.74) is -0.0220. The van der Waals surface area contributed by atoms with Gasteiger partial charge in [0, 0.05) is 26.5 Å². The van der Waals surface area contributed by atoms with Crippen molar-refractivity contribution in [3.63, 3.8) is 0 Å². The molecule has 0 bridgehead atoms. The summed E-state index contributed by atoms with van der Waals surface area (Å²) in [5, 5.41) is 8.93. The van der Waals surface area contributed by atoms with E-state index < -0.39 is 41.7 Å². The first-order valence-electron chi connectivity index (χ1n) is 8.39. The zero-order chi connectivity index (χ0) is 20.8. The maximum Gasteiger partial charge on any atom is 0.303 e. The Morgan fingerprint density at radius 2 is 1.68 bits per heavy atom. The van der Waals surface area contributed by atoms with Crippen molar-refractivity contribution in [1.82, 2.24) is 4.98 Å². The summed E-state index contributed by atoms with van der Waals surface area (Å²) < 4.78 is 21.9. The van der Waals surface area contributed by atoms with E-state index in [1.54, 1.807) is 13.0 Å². The van der Waals surface area contributed by atoms with Crippen LogP contribution >= 0.6 is 11.8 Å². The molecule has 2 rings (SSSR count). The number of nitrogens with zero attached hydrogens (tertiary/aromatic N) is 2. The van der Waals surface area contributed by atoms with Gasteiger partial charge in [-0.05, 0) is 19.1 Å². The van der Waals surface area contributed by atoms with Gasteiger partial charge in [0.2, 0.25) is 0 Å². The third-order valence-corrected chi connectivity index (χ3v) is 4.91. The number of rotatable bonds is 5. The number of carbonyl (C=O) groups is 3. The molecule has 0 saturated carbocycles. The molecule has 1 aliphatic heterocycles. The molecule has 0 amide bonds. The lowest BCUT2D eigenvalue weighted by atomic mass is 10.1. The number of aryl methyl sites for hydroxylation is 1. The van der Waals surface area contributed by atoms with Gasteiger partial charge in [0.05, 0.1) is 5.69 Å². The highest BCUT2D eigenvalue weighted by Gasteiger charge is 2.47. The molecule has 1 fully saturated rings. The summed E-state index contributed by atoms with van der Waals surface area (Å²) in [6.45, 7) is 5.35. The number of esters is 3. The smallest absolute Gasteiger partial charge is 0.303 e. The van der Waals surface area contributed by atoms with Crippen LogP contribution in [-0.4, -0.2) is 52.4 Å². The fraction of sp³-hybridized carbons (Fsp3) is 0.500. The molecular formula is C18H20N2O7S. The van der Waals surface area contributed by atoms with Crippen LogP contribution < -0.4 is 4.74 Å². The molecular weight excluding hydrogens is 388 g/mol. The van der Waals surface area contributed by atoms with E-state index in [1.807, 2.05) is 6.07 Å². The highest BCUT2D eigenvalue weighted by molar-refractivity contribution is 7.99. The van der Waals surface area contributed by atoms with Crippen molar-refractivity contribution in [2.24, 2.45) is 0 Å². The SMILES string of the molecule is CC(=O)O[C@@H]1[C@@H](OC(C)=O)[C@H](OC(C)=O)CS[C@H]1Oc1ccc(C#N)nc1C. The van der Waals surface area contributed by atoms with Gasteiger partial charge in [-0.2, -0.15) is 5.26 Å². The van der Waals surface area contributed by atoms with E-state index in [4.69, 9.17) is 24.2 Å². The molecule has 2 heterocycles. The predicted molar refractivity (Wildman–Crippen MR) is 97.2 cm³/mol. The Kier molecular flexibility index (Phi) is 7.23. The topological polar surface area (TPSA) is 125 Å². The van der Waals surface area contributed by atoms with Crippen molar-refractivity contribution in [2.75, 3.05) is 5.75 Å². The summed E-state index contributed by atoms with van der Waals surface area (Å²) >= 11 is 1.25. The number of hydrogen-bond donors (Lipinski definition) is 0. The lowest BCUT2D eigenvalue weighted by Gasteiger charge is -2.40. The lowest BCUT2D eigenvalue weighted by molar-refractivity contribution is -0.186. The van der Waals surface area contributed by atoms with E-state index in [2.05, 4.69) is 4.98 Å². The molecule has 0 unspecified atom stereocenters. The Labute approximate surface area is 166 Å².